The summed E-state index contributed by atoms with van der Waals surface area (Å²) in [6.45, 7) is 2.25. The fourth-order valence-electron chi connectivity index (χ4n) is 4.42. The Kier molecular flexibility index (Phi) is 10.8. The molecule has 2 aromatic heterocycles. The van der Waals surface area contributed by atoms with Gasteiger partial charge in [0.05, 0.1) is 12.8 Å². The van der Waals surface area contributed by atoms with E-state index in [1.54, 1.807) is 30.5 Å². The number of hydrogen-bond acceptors (Lipinski definition) is 5. The van der Waals surface area contributed by atoms with Gasteiger partial charge in [-0.15, -0.1) is 11.6 Å². The molecule has 3 heterocycles. The summed E-state index contributed by atoms with van der Waals surface area (Å²) in [5, 5.41) is 23.3. The molecule has 199 valence electrons. The van der Waals surface area contributed by atoms with Crippen molar-refractivity contribution in [3.05, 3.63) is 111 Å². The van der Waals surface area contributed by atoms with E-state index in [1.807, 2.05) is 41.2 Å². The monoisotopic (exact) mass is 639 g/mol. The van der Waals surface area contributed by atoms with E-state index in [1.165, 1.54) is 22.2 Å². The first-order valence-corrected chi connectivity index (χ1v) is 13.0. The SMILES string of the molecule is Clc1ccc2[nH]c3c(c2c1)CC[N-]C3c1ccc(OCCCn2ccnn2)cc1.OOc1ccc(Cl)cc1.[Y]. The van der Waals surface area contributed by atoms with Crippen LogP contribution in [-0.4, -0.2) is 38.4 Å². The summed E-state index contributed by atoms with van der Waals surface area (Å²) in [5.41, 5.74) is 4.79. The maximum atomic E-state index is 8.09. The van der Waals surface area contributed by atoms with Crippen molar-refractivity contribution < 1.29 is 47.6 Å². The summed E-state index contributed by atoms with van der Waals surface area (Å²) in [6, 6.07) is 20.7. The number of H-pyrrole nitrogens is 1. The van der Waals surface area contributed by atoms with Gasteiger partial charge in [-0.3, -0.25) is 4.68 Å². The molecule has 1 radical (unpaired) electrons. The average molecular weight is 640 g/mol. The Morgan fingerprint density at radius 3 is 2.46 bits per heavy atom. The van der Waals surface area contributed by atoms with Gasteiger partial charge < -0.3 is 19.9 Å². The summed E-state index contributed by atoms with van der Waals surface area (Å²) >= 11 is 11.7. The molecular formula is C28H26Cl2N5O3Y-. The molecule has 0 fully saturated rings. The molecule has 8 nitrogen and oxygen atoms in total. The van der Waals surface area contributed by atoms with Crippen molar-refractivity contribution in [1.82, 2.24) is 20.0 Å². The second kappa shape index (κ2) is 14.3. The van der Waals surface area contributed by atoms with E-state index in [0.717, 1.165) is 42.2 Å². The number of halogens is 2. The van der Waals surface area contributed by atoms with Crippen molar-refractivity contribution in [3.63, 3.8) is 0 Å². The van der Waals surface area contributed by atoms with Crippen LogP contribution in [-0.2, 0) is 45.7 Å². The summed E-state index contributed by atoms with van der Waals surface area (Å²) in [5.74, 6) is 1.26. The fourth-order valence-corrected chi connectivity index (χ4v) is 4.72. The molecule has 39 heavy (non-hydrogen) atoms. The van der Waals surface area contributed by atoms with Crippen LogP contribution in [0.15, 0.2) is 79.1 Å². The third-order valence-electron chi connectivity index (χ3n) is 6.24. The zero-order chi connectivity index (χ0) is 26.3. The Bertz CT molecular complexity index is 1460. The van der Waals surface area contributed by atoms with Crippen LogP contribution in [0.2, 0.25) is 10.0 Å². The molecule has 0 aliphatic carbocycles. The zero-order valence-corrected chi connectivity index (χ0v) is 25.4. The number of rotatable bonds is 7. The number of aromatic nitrogens is 4. The standard InChI is InChI=1S/C22H21ClN5O.C6H5ClO2.Y/c23-16-4-7-20-19(14-16)18-8-9-24-21(22(18)26-20)15-2-5-17(6-3-15)29-13-1-11-28-12-10-25-27-28;7-5-1-3-6(9-8)4-2-5;/h2-7,10,12,14,21,26H,1,8-9,11,13H2;1-4,8H;/q-1;;. The van der Waals surface area contributed by atoms with Crippen LogP contribution < -0.4 is 9.62 Å². The molecule has 0 amide bonds. The molecular weight excluding hydrogens is 614 g/mol. The van der Waals surface area contributed by atoms with Crippen LogP contribution in [0.1, 0.15) is 29.3 Å². The molecule has 1 aliphatic heterocycles. The molecule has 0 bridgehead atoms. The van der Waals surface area contributed by atoms with Crippen molar-refractivity contribution >= 4 is 34.1 Å². The maximum absolute atomic E-state index is 8.09. The molecule has 0 spiro atoms. The van der Waals surface area contributed by atoms with Gasteiger partial charge in [-0.1, -0.05) is 52.2 Å². The van der Waals surface area contributed by atoms with Gasteiger partial charge in [-0.2, -0.15) is 0 Å². The fraction of sp³-hybridized carbons (Fsp3) is 0.214. The van der Waals surface area contributed by atoms with E-state index in [9.17, 15) is 0 Å². The van der Waals surface area contributed by atoms with Gasteiger partial charge in [-0.25, -0.2) is 5.26 Å². The molecule has 0 saturated carbocycles. The number of nitrogens with zero attached hydrogens (tertiary/aromatic N) is 4. The van der Waals surface area contributed by atoms with Crippen molar-refractivity contribution in [1.29, 1.82) is 0 Å². The molecule has 1 aliphatic rings. The van der Waals surface area contributed by atoms with Crippen LogP contribution in [0.5, 0.6) is 11.5 Å². The van der Waals surface area contributed by atoms with Gasteiger partial charge in [0, 0.05) is 78.5 Å². The van der Waals surface area contributed by atoms with E-state index in [-0.39, 0.29) is 38.8 Å². The second-order valence-corrected chi connectivity index (χ2v) is 9.62. The van der Waals surface area contributed by atoms with Gasteiger partial charge in [0.25, 0.3) is 0 Å². The Balaban J connectivity index is 0.000000302. The van der Waals surface area contributed by atoms with E-state index < -0.39 is 0 Å². The number of benzene rings is 3. The molecule has 2 N–H and O–H groups in total. The maximum Gasteiger partial charge on any atom is 0.165 e. The molecule has 6 rings (SSSR count). The summed E-state index contributed by atoms with van der Waals surface area (Å²) < 4.78 is 7.67. The van der Waals surface area contributed by atoms with Gasteiger partial charge in [0.15, 0.2) is 5.75 Å². The number of fused-ring (bicyclic) bond motifs is 3. The van der Waals surface area contributed by atoms with Crippen LogP contribution in [0.4, 0.5) is 0 Å². The number of ether oxygens (including phenoxy) is 1. The molecule has 1 unspecified atom stereocenters. The molecule has 1 atom stereocenters. The van der Waals surface area contributed by atoms with Gasteiger partial charge in [0.1, 0.15) is 5.75 Å². The minimum atomic E-state index is 0. The molecule has 3 aromatic carbocycles. The smallest absolute Gasteiger partial charge is 0.165 e. The van der Waals surface area contributed by atoms with E-state index in [4.69, 9.17) is 38.5 Å². The van der Waals surface area contributed by atoms with Gasteiger partial charge in [-0.05, 0) is 66.6 Å². The van der Waals surface area contributed by atoms with Crippen LogP contribution in [0.25, 0.3) is 16.2 Å². The Morgan fingerprint density at radius 1 is 1.00 bits per heavy atom. The van der Waals surface area contributed by atoms with Crippen molar-refractivity contribution in [2.75, 3.05) is 13.2 Å². The van der Waals surface area contributed by atoms with Crippen molar-refractivity contribution in [2.45, 2.75) is 25.4 Å². The molecule has 5 aromatic rings. The predicted octanol–water partition coefficient (Wildman–Crippen LogP) is 7.09. The van der Waals surface area contributed by atoms with Crippen LogP contribution in [0, 0.1) is 0 Å². The minimum absolute atomic E-state index is 0. The average Bonchev–Trinajstić information content (AvgIpc) is 3.60. The van der Waals surface area contributed by atoms with Crippen molar-refractivity contribution in [2.24, 2.45) is 0 Å². The third-order valence-corrected chi connectivity index (χ3v) is 6.72. The number of aryl methyl sites for hydroxylation is 1. The third kappa shape index (κ3) is 7.60. The largest absolute Gasteiger partial charge is 0.650 e. The summed E-state index contributed by atoms with van der Waals surface area (Å²) in [6.07, 6.45) is 5.36. The van der Waals surface area contributed by atoms with Crippen LogP contribution >= 0.6 is 23.2 Å². The van der Waals surface area contributed by atoms with Gasteiger partial charge >= 0.3 is 0 Å². The van der Waals surface area contributed by atoms with Gasteiger partial charge in [0.2, 0.25) is 0 Å². The number of hydrogen-bond donors (Lipinski definition) is 2. The first-order chi connectivity index (χ1) is 18.6. The Hall–Kier alpha value is -2.46. The second-order valence-electron chi connectivity index (χ2n) is 8.75. The van der Waals surface area contributed by atoms with E-state index in [0.29, 0.717) is 17.4 Å². The van der Waals surface area contributed by atoms with E-state index >= 15 is 0 Å². The van der Waals surface area contributed by atoms with E-state index in [2.05, 4.69) is 32.3 Å². The zero-order valence-electron chi connectivity index (χ0n) is 21.0. The first-order valence-electron chi connectivity index (χ1n) is 12.2. The quantitative estimate of drug-likeness (QED) is 0.113. The molecule has 11 heteroatoms. The molecule has 0 saturated heterocycles. The van der Waals surface area contributed by atoms with Crippen LogP contribution in [0.3, 0.4) is 0 Å². The Morgan fingerprint density at radius 2 is 1.74 bits per heavy atom. The summed E-state index contributed by atoms with van der Waals surface area (Å²) in [4.78, 5) is 7.48. The Labute approximate surface area is 261 Å². The topological polar surface area (TPSA) is 99.3 Å². The first kappa shape index (κ1) is 29.5. The normalized spacial score (nSPS) is 14.1. The number of aromatic amines is 1. The van der Waals surface area contributed by atoms with Crippen molar-refractivity contribution in [3.8, 4) is 11.5 Å². The predicted molar refractivity (Wildman–Crippen MR) is 148 cm³/mol. The minimum Gasteiger partial charge on any atom is -0.650 e. The summed E-state index contributed by atoms with van der Waals surface area (Å²) in [7, 11) is 0. The number of nitrogens with one attached hydrogen (secondary N) is 1.